The number of carbonyl (C=O) groups excluding carboxylic acids is 2. The lowest BCUT2D eigenvalue weighted by Crippen LogP contribution is -2.42. The Kier molecular flexibility index (Phi) is 4.77. The van der Waals surface area contributed by atoms with Gasteiger partial charge in [-0.05, 0) is 44.4 Å². The van der Waals surface area contributed by atoms with Crippen LogP contribution < -0.4 is 5.73 Å². The molecule has 1 heterocycles. The number of esters is 1. The molecule has 114 valence electrons. The number of halogens is 1. The fourth-order valence-electron chi connectivity index (χ4n) is 2.35. The van der Waals surface area contributed by atoms with E-state index in [0.717, 1.165) is 31.4 Å². The zero-order chi connectivity index (χ0) is 15.4. The van der Waals surface area contributed by atoms with Crippen molar-refractivity contribution in [1.82, 2.24) is 4.90 Å². The van der Waals surface area contributed by atoms with E-state index in [1.807, 2.05) is 0 Å². The summed E-state index contributed by atoms with van der Waals surface area (Å²) in [6.07, 6.45) is 2.13. The Bertz CT molecular complexity index is 542. The number of rotatable bonds is 3. The predicted octanol–water partition coefficient (Wildman–Crippen LogP) is 1.97. The van der Waals surface area contributed by atoms with Gasteiger partial charge in [-0.3, -0.25) is 4.79 Å². The number of carbonyl (C=O) groups is 2. The molecule has 1 unspecified atom stereocenters. The highest BCUT2D eigenvalue weighted by Crippen LogP contribution is 2.17. The average Bonchev–Trinajstić information content (AvgIpc) is 2.49. The maximum Gasteiger partial charge on any atom is 0.341 e. The van der Waals surface area contributed by atoms with Gasteiger partial charge in [0.1, 0.15) is 5.82 Å². The molecule has 1 aromatic rings. The minimum atomic E-state index is -0.904. The lowest BCUT2D eigenvalue weighted by atomic mass is 10.1. The van der Waals surface area contributed by atoms with Crippen molar-refractivity contribution < 1.29 is 18.7 Å². The number of amides is 1. The lowest BCUT2D eigenvalue weighted by Gasteiger charge is -2.29. The summed E-state index contributed by atoms with van der Waals surface area (Å²) in [5, 5.41) is 0. The molecule has 1 amide bonds. The molecule has 0 radical (unpaired) electrons. The minimum Gasteiger partial charge on any atom is -0.449 e. The highest BCUT2D eigenvalue weighted by atomic mass is 19.1. The van der Waals surface area contributed by atoms with Gasteiger partial charge >= 0.3 is 5.97 Å². The Morgan fingerprint density at radius 1 is 1.29 bits per heavy atom. The Balaban J connectivity index is 2.01. The molecule has 1 atom stereocenters. The van der Waals surface area contributed by atoms with E-state index in [4.69, 9.17) is 10.5 Å². The maximum atomic E-state index is 13.2. The van der Waals surface area contributed by atoms with Crippen LogP contribution in [-0.2, 0) is 9.53 Å². The smallest absolute Gasteiger partial charge is 0.341 e. The zero-order valence-electron chi connectivity index (χ0n) is 12.0. The summed E-state index contributed by atoms with van der Waals surface area (Å²) < 4.78 is 18.3. The average molecular weight is 294 g/mol. The topological polar surface area (TPSA) is 72.6 Å². The number of hydrogen-bond acceptors (Lipinski definition) is 4. The molecule has 1 saturated heterocycles. The van der Waals surface area contributed by atoms with Gasteiger partial charge in [0.2, 0.25) is 0 Å². The van der Waals surface area contributed by atoms with E-state index in [1.165, 1.54) is 13.0 Å². The lowest BCUT2D eigenvalue weighted by molar-refractivity contribution is -0.140. The number of piperidine rings is 1. The largest absolute Gasteiger partial charge is 0.449 e. The van der Waals surface area contributed by atoms with E-state index < -0.39 is 17.9 Å². The molecule has 1 aliphatic rings. The van der Waals surface area contributed by atoms with Crippen LogP contribution in [0.3, 0.4) is 0 Å². The van der Waals surface area contributed by atoms with Gasteiger partial charge in [-0.25, -0.2) is 9.18 Å². The van der Waals surface area contributed by atoms with Crippen molar-refractivity contribution in [3.63, 3.8) is 0 Å². The van der Waals surface area contributed by atoms with Gasteiger partial charge in [-0.1, -0.05) is 0 Å². The molecule has 0 saturated carbocycles. The molecule has 6 heteroatoms. The van der Waals surface area contributed by atoms with Crippen LogP contribution in [0.1, 0.15) is 36.5 Å². The number of likely N-dealkylation sites (tertiary alicyclic amines) is 1. The molecule has 5 nitrogen and oxygen atoms in total. The number of hydrogen-bond donors (Lipinski definition) is 1. The highest BCUT2D eigenvalue weighted by Gasteiger charge is 2.26. The molecular formula is C15H19FN2O3. The molecule has 1 aliphatic heterocycles. The first kappa shape index (κ1) is 15.3. The predicted molar refractivity (Wildman–Crippen MR) is 76.1 cm³/mol. The fourth-order valence-corrected chi connectivity index (χ4v) is 2.35. The summed E-state index contributed by atoms with van der Waals surface area (Å²) in [5.41, 5.74) is 5.68. The van der Waals surface area contributed by atoms with Crippen molar-refractivity contribution in [1.29, 1.82) is 0 Å². The highest BCUT2D eigenvalue weighted by molar-refractivity contribution is 5.96. The Labute approximate surface area is 122 Å². The van der Waals surface area contributed by atoms with Crippen molar-refractivity contribution >= 4 is 17.6 Å². The monoisotopic (exact) mass is 294 g/mol. The van der Waals surface area contributed by atoms with Gasteiger partial charge in [0.05, 0.1) is 5.56 Å². The number of ether oxygens (including phenoxy) is 1. The molecule has 0 aromatic heterocycles. The first-order valence-corrected chi connectivity index (χ1v) is 7.04. The van der Waals surface area contributed by atoms with Gasteiger partial charge in [0.25, 0.3) is 5.91 Å². The quantitative estimate of drug-likeness (QED) is 0.683. The van der Waals surface area contributed by atoms with Crippen LogP contribution in [0.2, 0.25) is 0 Å². The van der Waals surface area contributed by atoms with Crippen molar-refractivity contribution in [2.75, 3.05) is 18.8 Å². The number of benzene rings is 1. The SMILES string of the molecule is CC(OC(=O)c1cc(F)ccc1N)C(=O)N1CCCCC1. The van der Waals surface area contributed by atoms with Gasteiger partial charge in [0, 0.05) is 18.8 Å². The number of nitrogens with zero attached hydrogens (tertiary/aromatic N) is 1. The van der Waals surface area contributed by atoms with Crippen LogP contribution in [-0.4, -0.2) is 36.0 Å². The van der Waals surface area contributed by atoms with E-state index >= 15 is 0 Å². The molecule has 0 spiro atoms. The Hall–Kier alpha value is -2.11. The van der Waals surface area contributed by atoms with Crippen LogP contribution in [0, 0.1) is 5.82 Å². The van der Waals surface area contributed by atoms with E-state index in [0.29, 0.717) is 13.1 Å². The van der Waals surface area contributed by atoms with E-state index in [9.17, 15) is 14.0 Å². The molecule has 1 aromatic carbocycles. The maximum absolute atomic E-state index is 13.2. The summed E-state index contributed by atoms with van der Waals surface area (Å²) in [6, 6.07) is 3.47. The van der Waals surface area contributed by atoms with Gasteiger partial charge in [-0.15, -0.1) is 0 Å². The zero-order valence-corrected chi connectivity index (χ0v) is 12.0. The van der Waals surface area contributed by atoms with Crippen LogP contribution >= 0.6 is 0 Å². The molecule has 0 aliphatic carbocycles. The molecule has 21 heavy (non-hydrogen) atoms. The third-order valence-corrected chi connectivity index (χ3v) is 3.53. The number of anilines is 1. The third-order valence-electron chi connectivity index (χ3n) is 3.53. The van der Waals surface area contributed by atoms with Gasteiger partial charge < -0.3 is 15.4 Å². The summed E-state index contributed by atoms with van der Waals surface area (Å²) in [5.74, 6) is -1.59. The van der Waals surface area contributed by atoms with Gasteiger partial charge in [-0.2, -0.15) is 0 Å². The van der Waals surface area contributed by atoms with Crippen molar-refractivity contribution in [2.45, 2.75) is 32.3 Å². The molecule has 2 rings (SSSR count). The summed E-state index contributed by atoms with van der Waals surface area (Å²) in [7, 11) is 0. The standard InChI is InChI=1S/C15H19FN2O3/c1-10(14(19)18-7-3-2-4-8-18)21-15(20)12-9-11(16)5-6-13(12)17/h5-6,9-10H,2-4,7-8,17H2,1H3. The van der Waals surface area contributed by atoms with Crippen LogP contribution in [0.4, 0.5) is 10.1 Å². The molecule has 0 bridgehead atoms. The number of nitrogen functional groups attached to an aromatic ring is 1. The second kappa shape index (κ2) is 6.56. The van der Waals surface area contributed by atoms with E-state index in [-0.39, 0.29) is 17.2 Å². The van der Waals surface area contributed by atoms with Crippen molar-refractivity contribution in [3.8, 4) is 0 Å². The third kappa shape index (κ3) is 3.71. The fraction of sp³-hybridized carbons (Fsp3) is 0.467. The Morgan fingerprint density at radius 2 is 1.95 bits per heavy atom. The van der Waals surface area contributed by atoms with E-state index in [1.54, 1.807) is 4.90 Å². The van der Waals surface area contributed by atoms with Crippen molar-refractivity contribution in [3.05, 3.63) is 29.6 Å². The number of nitrogens with two attached hydrogens (primary N) is 1. The normalized spacial score (nSPS) is 16.4. The van der Waals surface area contributed by atoms with Crippen LogP contribution in [0.15, 0.2) is 18.2 Å². The van der Waals surface area contributed by atoms with Crippen LogP contribution in [0.25, 0.3) is 0 Å². The first-order valence-electron chi connectivity index (χ1n) is 7.04. The molecular weight excluding hydrogens is 275 g/mol. The van der Waals surface area contributed by atoms with E-state index in [2.05, 4.69) is 0 Å². The second-order valence-corrected chi connectivity index (χ2v) is 5.17. The summed E-state index contributed by atoms with van der Waals surface area (Å²) in [6.45, 7) is 2.88. The minimum absolute atomic E-state index is 0.0618. The first-order chi connectivity index (χ1) is 9.99. The molecule has 1 fully saturated rings. The molecule has 2 N–H and O–H groups in total. The van der Waals surface area contributed by atoms with Gasteiger partial charge in [0.15, 0.2) is 6.10 Å². The van der Waals surface area contributed by atoms with Crippen LogP contribution in [0.5, 0.6) is 0 Å². The Morgan fingerprint density at radius 3 is 2.62 bits per heavy atom. The summed E-state index contributed by atoms with van der Waals surface area (Å²) in [4.78, 5) is 25.8. The second-order valence-electron chi connectivity index (χ2n) is 5.17. The van der Waals surface area contributed by atoms with Crippen molar-refractivity contribution in [2.24, 2.45) is 0 Å². The summed E-state index contributed by atoms with van der Waals surface area (Å²) >= 11 is 0.